The second kappa shape index (κ2) is 8.55. The van der Waals surface area contributed by atoms with E-state index >= 15 is 0 Å². The average Bonchev–Trinajstić information content (AvgIpc) is 2.52. The van der Waals surface area contributed by atoms with Crippen LogP contribution in [-0.4, -0.2) is 36.6 Å². The van der Waals surface area contributed by atoms with Crippen LogP contribution in [0.15, 0.2) is 30.3 Å². The molecule has 1 N–H and O–H groups in total. The molecule has 1 aliphatic rings. The maximum absolute atomic E-state index is 3.68. The Morgan fingerprint density at radius 2 is 1.90 bits per heavy atom. The smallest absolute Gasteiger partial charge is 0.0195 e. The van der Waals surface area contributed by atoms with Crippen molar-refractivity contribution >= 4 is 0 Å². The van der Waals surface area contributed by atoms with Crippen molar-refractivity contribution in [1.29, 1.82) is 0 Å². The number of hydrogen-bond acceptors (Lipinski definition) is 2. The highest BCUT2D eigenvalue weighted by molar-refractivity contribution is 5.18. The molecule has 2 atom stereocenters. The molecule has 1 aromatic carbocycles. The molecule has 2 nitrogen and oxygen atoms in total. The number of hydrogen-bond donors (Lipinski definition) is 1. The van der Waals surface area contributed by atoms with E-state index in [4.69, 9.17) is 0 Å². The van der Waals surface area contributed by atoms with Crippen LogP contribution in [0.25, 0.3) is 0 Å². The molecule has 1 aromatic rings. The fourth-order valence-electron chi connectivity index (χ4n) is 3.23. The molecule has 0 saturated carbocycles. The molecule has 2 heteroatoms. The van der Waals surface area contributed by atoms with Gasteiger partial charge < -0.3 is 5.32 Å². The Morgan fingerprint density at radius 3 is 2.52 bits per heavy atom. The third kappa shape index (κ3) is 5.44. The number of nitrogens with one attached hydrogen (secondary N) is 1. The van der Waals surface area contributed by atoms with E-state index in [0.717, 1.165) is 0 Å². The van der Waals surface area contributed by atoms with Gasteiger partial charge in [0, 0.05) is 18.6 Å². The van der Waals surface area contributed by atoms with E-state index in [2.05, 4.69) is 61.3 Å². The third-order valence-electron chi connectivity index (χ3n) is 4.82. The fourth-order valence-corrected chi connectivity index (χ4v) is 3.23. The summed E-state index contributed by atoms with van der Waals surface area (Å²) in [5.41, 5.74) is 1.47. The van der Waals surface area contributed by atoms with Crippen LogP contribution in [0.3, 0.4) is 0 Å². The van der Waals surface area contributed by atoms with Crippen LogP contribution in [0, 0.1) is 0 Å². The van der Waals surface area contributed by atoms with Gasteiger partial charge in [-0.05, 0) is 57.7 Å². The summed E-state index contributed by atoms with van der Waals surface area (Å²) in [4.78, 5) is 2.66. The van der Waals surface area contributed by atoms with Crippen molar-refractivity contribution in [3.05, 3.63) is 35.9 Å². The molecule has 21 heavy (non-hydrogen) atoms. The van der Waals surface area contributed by atoms with Gasteiger partial charge in [0.1, 0.15) is 0 Å². The van der Waals surface area contributed by atoms with Crippen LogP contribution in [-0.2, 0) is 0 Å². The van der Waals surface area contributed by atoms with E-state index < -0.39 is 0 Å². The van der Waals surface area contributed by atoms with Gasteiger partial charge in [-0.3, -0.25) is 4.90 Å². The molecule has 0 spiro atoms. The van der Waals surface area contributed by atoms with Gasteiger partial charge in [0.2, 0.25) is 0 Å². The Bertz CT molecular complexity index is 382. The quantitative estimate of drug-likeness (QED) is 0.815. The number of rotatable bonds is 7. The summed E-state index contributed by atoms with van der Waals surface area (Å²) in [6.45, 7) is 10.6. The third-order valence-corrected chi connectivity index (χ3v) is 4.82. The first kappa shape index (κ1) is 16.5. The first-order valence-corrected chi connectivity index (χ1v) is 8.69. The Hall–Kier alpha value is -0.860. The molecule has 1 heterocycles. The van der Waals surface area contributed by atoms with Crippen LogP contribution in [0.4, 0.5) is 0 Å². The first-order chi connectivity index (χ1) is 10.2. The lowest BCUT2D eigenvalue weighted by atomic mass is 9.97. The molecule has 0 bridgehead atoms. The van der Waals surface area contributed by atoms with E-state index in [1.807, 2.05) is 0 Å². The molecule has 0 amide bonds. The van der Waals surface area contributed by atoms with Gasteiger partial charge in [-0.25, -0.2) is 0 Å². The zero-order valence-electron chi connectivity index (χ0n) is 14.0. The zero-order valence-corrected chi connectivity index (χ0v) is 14.0. The second-order valence-electron chi connectivity index (χ2n) is 6.84. The van der Waals surface area contributed by atoms with Crippen molar-refractivity contribution in [2.45, 2.75) is 64.5 Å². The summed E-state index contributed by atoms with van der Waals surface area (Å²) >= 11 is 0. The van der Waals surface area contributed by atoms with Gasteiger partial charge in [0.05, 0.1) is 0 Å². The minimum absolute atomic E-state index is 0.636. The standard InChI is InChI=1S/C19H32N2/c1-16(2)21(15-19-11-7-8-13-20-19)14-12-17(3)18-9-5-4-6-10-18/h4-6,9-10,16-17,19-20H,7-8,11-15H2,1-3H3. The molecular formula is C19H32N2. The minimum Gasteiger partial charge on any atom is -0.313 e. The highest BCUT2D eigenvalue weighted by atomic mass is 15.2. The van der Waals surface area contributed by atoms with Gasteiger partial charge in [0.15, 0.2) is 0 Å². The highest BCUT2D eigenvalue weighted by Gasteiger charge is 2.19. The van der Waals surface area contributed by atoms with E-state index in [9.17, 15) is 0 Å². The monoisotopic (exact) mass is 288 g/mol. The lowest BCUT2D eigenvalue weighted by molar-refractivity contribution is 0.180. The van der Waals surface area contributed by atoms with Crippen LogP contribution in [0.5, 0.6) is 0 Å². The largest absolute Gasteiger partial charge is 0.313 e. The summed E-state index contributed by atoms with van der Waals surface area (Å²) in [6.07, 6.45) is 5.33. The van der Waals surface area contributed by atoms with Crippen LogP contribution < -0.4 is 5.32 Å². The Kier molecular flexibility index (Phi) is 6.72. The highest BCUT2D eigenvalue weighted by Crippen LogP contribution is 2.20. The Labute approximate surface area is 130 Å². The van der Waals surface area contributed by atoms with Crippen LogP contribution >= 0.6 is 0 Å². The number of piperidine rings is 1. The maximum atomic E-state index is 3.68. The predicted molar refractivity (Wildman–Crippen MR) is 91.8 cm³/mol. The van der Waals surface area contributed by atoms with E-state index in [1.54, 1.807) is 0 Å². The zero-order chi connectivity index (χ0) is 15.1. The Morgan fingerprint density at radius 1 is 1.14 bits per heavy atom. The van der Waals surface area contributed by atoms with E-state index in [0.29, 0.717) is 18.0 Å². The van der Waals surface area contributed by atoms with Crippen LogP contribution in [0.1, 0.15) is 57.9 Å². The molecule has 1 fully saturated rings. The number of benzene rings is 1. The van der Waals surface area contributed by atoms with Crippen molar-refractivity contribution in [2.75, 3.05) is 19.6 Å². The van der Waals surface area contributed by atoms with Crippen molar-refractivity contribution in [1.82, 2.24) is 10.2 Å². The van der Waals surface area contributed by atoms with E-state index in [1.165, 1.54) is 50.9 Å². The Balaban J connectivity index is 1.82. The summed E-state index contributed by atoms with van der Waals surface area (Å²) in [5.74, 6) is 0.645. The first-order valence-electron chi connectivity index (χ1n) is 8.69. The molecule has 1 aliphatic heterocycles. The second-order valence-corrected chi connectivity index (χ2v) is 6.84. The topological polar surface area (TPSA) is 15.3 Å². The van der Waals surface area contributed by atoms with Crippen molar-refractivity contribution < 1.29 is 0 Å². The summed E-state index contributed by atoms with van der Waals surface area (Å²) in [7, 11) is 0. The lowest BCUT2D eigenvalue weighted by Crippen LogP contribution is -2.46. The summed E-state index contributed by atoms with van der Waals surface area (Å²) < 4.78 is 0. The van der Waals surface area contributed by atoms with Crippen LogP contribution in [0.2, 0.25) is 0 Å². The summed E-state index contributed by atoms with van der Waals surface area (Å²) in [6, 6.07) is 12.3. The molecule has 0 aliphatic carbocycles. The minimum atomic E-state index is 0.636. The lowest BCUT2D eigenvalue weighted by Gasteiger charge is -2.33. The molecule has 0 aromatic heterocycles. The van der Waals surface area contributed by atoms with Gasteiger partial charge in [-0.2, -0.15) is 0 Å². The predicted octanol–water partition coefficient (Wildman–Crippen LogP) is 4.03. The van der Waals surface area contributed by atoms with Crippen molar-refractivity contribution in [2.24, 2.45) is 0 Å². The van der Waals surface area contributed by atoms with Gasteiger partial charge in [-0.15, -0.1) is 0 Å². The SMILES string of the molecule is CC(CCN(CC1CCCCN1)C(C)C)c1ccccc1. The molecule has 2 unspecified atom stereocenters. The van der Waals surface area contributed by atoms with Crippen molar-refractivity contribution in [3.8, 4) is 0 Å². The van der Waals surface area contributed by atoms with Gasteiger partial charge in [0.25, 0.3) is 0 Å². The van der Waals surface area contributed by atoms with Gasteiger partial charge in [-0.1, -0.05) is 43.7 Å². The number of nitrogens with zero attached hydrogens (tertiary/aromatic N) is 1. The molecular weight excluding hydrogens is 256 g/mol. The maximum Gasteiger partial charge on any atom is 0.0195 e. The van der Waals surface area contributed by atoms with E-state index in [-0.39, 0.29) is 0 Å². The molecule has 2 rings (SSSR count). The summed E-state index contributed by atoms with van der Waals surface area (Å²) in [5, 5.41) is 3.68. The molecule has 1 saturated heterocycles. The molecule has 118 valence electrons. The van der Waals surface area contributed by atoms with Gasteiger partial charge >= 0.3 is 0 Å². The average molecular weight is 288 g/mol. The normalized spacial score (nSPS) is 20.9. The fraction of sp³-hybridized carbons (Fsp3) is 0.684. The van der Waals surface area contributed by atoms with Crippen molar-refractivity contribution in [3.63, 3.8) is 0 Å². The molecule has 0 radical (unpaired) electrons.